The van der Waals surface area contributed by atoms with Gasteiger partial charge in [0.05, 0.1) is 11.1 Å². The second-order valence-corrected chi connectivity index (χ2v) is 7.38. The molecular weight excluding hydrogens is 402 g/mol. The first-order valence-electron chi connectivity index (χ1n) is 10.6. The van der Waals surface area contributed by atoms with Gasteiger partial charge in [-0.2, -0.15) is 0 Å². The summed E-state index contributed by atoms with van der Waals surface area (Å²) in [6.45, 7) is 6.39. The summed E-state index contributed by atoms with van der Waals surface area (Å²) in [7, 11) is 0. The van der Waals surface area contributed by atoms with Crippen LogP contribution < -0.4 is 20.5 Å². The Morgan fingerprint density at radius 3 is 1.88 bits per heavy atom. The molecule has 0 unspecified atom stereocenters. The Hall–Kier alpha value is -3.83. The van der Waals surface area contributed by atoms with Gasteiger partial charge in [-0.25, -0.2) is 4.79 Å². The Kier molecular flexibility index (Phi) is 6.10. The molecule has 0 bridgehead atoms. The molecule has 0 aromatic heterocycles. The van der Waals surface area contributed by atoms with E-state index < -0.39 is 5.97 Å². The zero-order valence-corrected chi connectivity index (χ0v) is 18.0. The molecule has 32 heavy (non-hydrogen) atoms. The molecule has 2 aliphatic rings. The van der Waals surface area contributed by atoms with Gasteiger partial charge in [0.1, 0.15) is 5.75 Å². The number of ketones is 2. The van der Waals surface area contributed by atoms with Crippen LogP contribution in [0.25, 0.3) is 11.1 Å². The number of benzene rings is 3. The molecule has 0 spiro atoms. The van der Waals surface area contributed by atoms with Gasteiger partial charge in [0.2, 0.25) is 0 Å². The van der Waals surface area contributed by atoms with E-state index in [4.69, 9.17) is 4.74 Å². The molecule has 0 saturated heterocycles. The van der Waals surface area contributed by atoms with Crippen LogP contribution in [0.5, 0.6) is 5.75 Å². The molecule has 5 nitrogen and oxygen atoms in total. The van der Waals surface area contributed by atoms with E-state index in [1.165, 1.54) is 0 Å². The molecule has 1 N–H and O–H groups in total. The molecule has 1 aliphatic heterocycles. The summed E-state index contributed by atoms with van der Waals surface area (Å²) < 4.78 is 5.41. The Labute approximate surface area is 186 Å². The lowest BCUT2D eigenvalue weighted by molar-refractivity contribution is -0.127. The molecule has 3 aromatic rings. The normalized spacial score (nSPS) is 14.0. The van der Waals surface area contributed by atoms with Crippen LogP contribution in [0.15, 0.2) is 72.8 Å². The van der Waals surface area contributed by atoms with E-state index in [9.17, 15) is 14.4 Å². The highest BCUT2D eigenvalue weighted by atomic mass is 16.5. The minimum Gasteiger partial charge on any atom is -0.422 e. The lowest BCUT2D eigenvalue weighted by atomic mass is 10.0. The number of carbonyl (C=O) groups is 3. The van der Waals surface area contributed by atoms with Crippen LogP contribution in [0.2, 0.25) is 0 Å². The van der Waals surface area contributed by atoms with Gasteiger partial charge in [0.25, 0.3) is 0 Å². The fourth-order valence-electron chi connectivity index (χ4n) is 3.87. The number of rotatable bonds is 3. The lowest BCUT2D eigenvalue weighted by Crippen LogP contribution is -2.17. The van der Waals surface area contributed by atoms with Crippen LogP contribution in [-0.4, -0.2) is 30.6 Å². The topological polar surface area (TPSA) is 72.5 Å². The predicted molar refractivity (Wildman–Crippen MR) is 123 cm³/mol. The van der Waals surface area contributed by atoms with E-state index >= 15 is 0 Å². The summed E-state index contributed by atoms with van der Waals surface area (Å²) in [5.74, 6) is -0.676. The van der Waals surface area contributed by atoms with Crippen LogP contribution >= 0.6 is 0 Å². The number of carbonyl (C=O) groups excluding carboxylic acids is 3. The summed E-state index contributed by atoms with van der Waals surface area (Å²) in [5.41, 5.74) is 2.18. The van der Waals surface area contributed by atoms with Crippen molar-refractivity contribution < 1.29 is 19.1 Å². The molecule has 1 aliphatic carbocycles. The number of fused-ring (bicyclic) bond motifs is 2. The monoisotopic (exact) mass is 425 g/mol. The smallest absolute Gasteiger partial charge is 0.344 e. The molecule has 0 fully saturated rings. The Bertz CT molecular complexity index is 1300. The fraction of sp³-hybridized carbons (Fsp3) is 0.148. The van der Waals surface area contributed by atoms with Gasteiger partial charge >= 0.3 is 5.97 Å². The second-order valence-electron chi connectivity index (χ2n) is 7.38. The molecule has 1 heterocycles. The van der Waals surface area contributed by atoms with Crippen LogP contribution in [0.1, 0.15) is 40.1 Å². The van der Waals surface area contributed by atoms with Crippen molar-refractivity contribution in [3.63, 3.8) is 0 Å². The molecule has 0 amide bonds. The highest BCUT2D eigenvalue weighted by Crippen LogP contribution is 2.27. The minimum absolute atomic E-state index is 0.114. The van der Waals surface area contributed by atoms with Crippen LogP contribution in [-0.2, 0) is 4.79 Å². The van der Waals surface area contributed by atoms with Gasteiger partial charge in [-0.3, -0.25) is 9.59 Å². The third-order valence-electron chi connectivity index (χ3n) is 5.38. The van der Waals surface area contributed by atoms with Gasteiger partial charge < -0.3 is 10.1 Å². The van der Waals surface area contributed by atoms with Gasteiger partial charge in [-0.1, -0.05) is 74.5 Å². The first-order chi connectivity index (χ1) is 15.6. The van der Waals surface area contributed by atoms with E-state index in [0.717, 1.165) is 18.7 Å². The number of Topliss-reactive ketones (excluding diaryl/α,β-unsaturated/α-hetero) is 2. The molecule has 0 saturated carbocycles. The maximum absolute atomic E-state index is 12.7. The van der Waals surface area contributed by atoms with Crippen molar-refractivity contribution in [1.29, 1.82) is 0 Å². The minimum atomic E-state index is -0.439. The van der Waals surface area contributed by atoms with Gasteiger partial charge in [0, 0.05) is 16.3 Å². The van der Waals surface area contributed by atoms with Crippen molar-refractivity contribution >= 4 is 28.7 Å². The van der Waals surface area contributed by atoms with Crippen molar-refractivity contribution in [2.45, 2.75) is 13.8 Å². The zero-order chi connectivity index (χ0) is 22.7. The molecule has 5 heteroatoms. The maximum Gasteiger partial charge on any atom is 0.344 e. The standard InChI is InChI=1S/C23H12O4.C4H11N/c24-21-15-8-4-5-9-16(15)22(25)20(21)14-10-11-17-18(12-14)27-23(26)19(17)13-6-2-1-3-7-13;1-3-5-4-2/h1-12H;5H,3-4H2,1-2H3. The van der Waals surface area contributed by atoms with Crippen molar-refractivity contribution in [2.75, 3.05) is 13.1 Å². The van der Waals surface area contributed by atoms with E-state index in [2.05, 4.69) is 19.2 Å². The Morgan fingerprint density at radius 2 is 1.31 bits per heavy atom. The van der Waals surface area contributed by atoms with E-state index in [1.54, 1.807) is 42.5 Å². The highest BCUT2D eigenvalue weighted by Gasteiger charge is 2.33. The SMILES string of the molecule is CCNCC.O=C1Oc2cc(=C3C(=O)c4ccccc4C3=O)ccc2=C1c1ccccc1. The number of hydrogen-bond acceptors (Lipinski definition) is 5. The van der Waals surface area contributed by atoms with Gasteiger partial charge in [-0.05, 0) is 36.0 Å². The largest absolute Gasteiger partial charge is 0.422 e. The first-order valence-corrected chi connectivity index (χ1v) is 10.6. The third kappa shape index (κ3) is 3.79. The summed E-state index contributed by atoms with van der Waals surface area (Å²) in [4.78, 5) is 37.7. The lowest BCUT2D eigenvalue weighted by Gasteiger charge is -1.98. The summed E-state index contributed by atoms with van der Waals surface area (Å²) in [5, 5.41) is 4.23. The van der Waals surface area contributed by atoms with E-state index in [-0.39, 0.29) is 17.1 Å². The van der Waals surface area contributed by atoms with Crippen molar-refractivity contribution in [2.24, 2.45) is 0 Å². The molecular formula is C27H23NO4. The van der Waals surface area contributed by atoms with Gasteiger partial charge in [0.15, 0.2) is 11.6 Å². The fourth-order valence-corrected chi connectivity index (χ4v) is 3.87. The van der Waals surface area contributed by atoms with E-state index in [0.29, 0.717) is 32.9 Å². The molecule has 0 atom stereocenters. The van der Waals surface area contributed by atoms with Crippen molar-refractivity contribution in [1.82, 2.24) is 5.32 Å². The Morgan fingerprint density at radius 1 is 0.719 bits per heavy atom. The molecule has 160 valence electrons. The number of nitrogens with one attached hydrogen (secondary N) is 1. The molecule has 3 aromatic carbocycles. The van der Waals surface area contributed by atoms with Crippen molar-refractivity contribution in [3.05, 3.63) is 99.9 Å². The maximum atomic E-state index is 12.7. The quantitative estimate of drug-likeness (QED) is 0.516. The average molecular weight is 425 g/mol. The van der Waals surface area contributed by atoms with Gasteiger partial charge in [-0.15, -0.1) is 0 Å². The van der Waals surface area contributed by atoms with Crippen LogP contribution in [0.3, 0.4) is 0 Å². The van der Waals surface area contributed by atoms with Crippen LogP contribution in [0, 0.1) is 0 Å². The highest BCUT2D eigenvalue weighted by molar-refractivity contribution is 6.55. The first kappa shape index (κ1) is 21.4. The molecule has 0 radical (unpaired) electrons. The zero-order valence-electron chi connectivity index (χ0n) is 18.0. The van der Waals surface area contributed by atoms with Crippen LogP contribution in [0.4, 0.5) is 0 Å². The summed E-state index contributed by atoms with van der Waals surface area (Å²) in [6.07, 6.45) is 0. The molecule has 5 rings (SSSR count). The van der Waals surface area contributed by atoms with Crippen molar-refractivity contribution in [3.8, 4) is 5.75 Å². The average Bonchev–Trinajstić information content (AvgIpc) is 3.28. The second kappa shape index (κ2) is 9.12. The van der Waals surface area contributed by atoms with E-state index in [1.807, 2.05) is 30.3 Å². The Balaban J connectivity index is 0.000000444. The predicted octanol–water partition coefficient (Wildman–Crippen LogP) is 2.65. The number of esters is 1. The summed E-state index contributed by atoms with van der Waals surface area (Å²) >= 11 is 0. The summed E-state index contributed by atoms with van der Waals surface area (Å²) in [6, 6.07) is 21.1. The third-order valence-corrected chi connectivity index (χ3v) is 5.38. The number of hydrogen-bond donors (Lipinski definition) is 1. The number of ether oxygens (including phenoxy) is 1.